The molecule has 0 aliphatic heterocycles. The van der Waals surface area contributed by atoms with Gasteiger partial charge in [-0.2, -0.15) is 11.8 Å². The summed E-state index contributed by atoms with van der Waals surface area (Å²) < 4.78 is 0. The minimum Gasteiger partial charge on any atom is -0.162 e. The third-order valence-electron chi connectivity index (χ3n) is 2.17. The van der Waals surface area contributed by atoms with Crippen molar-refractivity contribution in [2.45, 2.75) is 37.0 Å². The molecule has 11 heavy (non-hydrogen) atoms. The van der Waals surface area contributed by atoms with Gasteiger partial charge in [0.2, 0.25) is 0 Å². The molecule has 0 aromatic carbocycles. The van der Waals surface area contributed by atoms with Gasteiger partial charge in [0.05, 0.1) is 0 Å². The summed E-state index contributed by atoms with van der Waals surface area (Å²) in [5, 5.41) is 4.36. The largest absolute Gasteiger partial charge is 0.162 e. The van der Waals surface area contributed by atoms with E-state index < -0.39 is 0 Å². The standard InChI is InChI=1S/C7H13N3S/c1-11-7-5-3-2-4-6(7)9-10-8/h6-7H,2-5H2,1H3. The lowest BCUT2D eigenvalue weighted by molar-refractivity contribution is 0.453. The first-order valence-corrected chi connectivity index (χ1v) is 5.24. The van der Waals surface area contributed by atoms with Gasteiger partial charge in [0, 0.05) is 16.2 Å². The first-order chi connectivity index (χ1) is 5.38. The van der Waals surface area contributed by atoms with Crippen LogP contribution in [0.2, 0.25) is 0 Å². The minimum absolute atomic E-state index is 0.253. The molecule has 4 heteroatoms. The van der Waals surface area contributed by atoms with Crippen LogP contribution in [0.15, 0.2) is 5.11 Å². The maximum atomic E-state index is 8.28. The maximum absolute atomic E-state index is 8.28. The molecule has 2 atom stereocenters. The first kappa shape index (κ1) is 8.75. The SMILES string of the molecule is CSC1CCCCC1N=[N+]=[N-]. The van der Waals surface area contributed by atoms with Crippen LogP contribution in [0.3, 0.4) is 0 Å². The molecule has 0 bridgehead atoms. The number of hydrogen-bond acceptors (Lipinski definition) is 2. The minimum atomic E-state index is 0.253. The average Bonchev–Trinajstić information content (AvgIpc) is 2.06. The smallest absolute Gasteiger partial charge is 0.0492 e. The molecule has 0 amide bonds. The second kappa shape index (κ2) is 4.52. The normalized spacial score (nSPS) is 31.0. The van der Waals surface area contributed by atoms with Crippen molar-refractivity contribution < 1.29 is 0 Å². The molecule has 0 N–H and O–H groups in total. The molecular weight excluding hydrogens is 158 g/mol. The topological polar surface area (TPSA) is 48.8 Å². The Bertz CT molecular complexity index is 165. The summed E-state index contributed by atoms with van der Waals surface area (Å²) in [5.41, 5.74) is 8.28. The van der Waals surface area contributed by atoms with Crippen molar-refractivity contribution in [3.8, 4) is 0 Å². The second-order valence-electron chi connectivity index (χ2n) is 2.83. The van der Waals surface area contributed by atoms with Crippen LogP contribution < -0.4 is 0 Å². The van der Waals surface area contributed by atoms with Crippen molar-refractivity contribution in [3.63, 3.8) is 0 Å². The van der Waals surface area contributed by atoms with E-state index in [9.17, 15) is 0 Å². The Hall–Kier alpha value is -0.340. The molecule has 2 unspecified atom stereocenters. The van der Waals surface area contributed by atoms with Crippen LogP contribution >= 0.6 is 11.8 Å². The second-order valence-corrected chi connectivity index (χ2v) is 3.91. The van der Waals surface area contributed by atoms with Gasteiger partial charge in [0.1, 0.15) is 0 Å². The molecule has 0 saturated heterocycles. The molecule has 3 nitrogen and oxygen atoms in total. The van der Waals surface area contributed by atoms with E-state index in [4.69, 9.17) is 5.53 Å². The molecule has 0 radical (unpaired) electrons. The lowest BCUT2D eigenvalue weighted by Gasteiger charge is -2.26. The van der Waals surface area contributed by atoms with Gasteiger partial charge in [-0.1, -0.05) is 18.0 Å². The van der Waals surface area contributed by atoms with Crippen molar-refractivity contribution in [1.82, 2.24) is 0 Å². The van der Waals surface area contributed by atoms with Gasteiger partial charge in [-0.05, 0) is 24.6 Å². The predicted molar refractivity (Wildman–Crippen MR) is 48.7 cm³/mol. The van der Waals surface area contributed by atoms with Crippen LogP contribution in [0.25, 0.3) is 10.4 Å². The van der Waals surface area contributed by atoms with Gasteiger partial charge in [-0.15, -0.1) is 0 Å². The Balaban J connectivity index is 2.50. The number of azide groups is 1. The molecule has 0 aromatic rings. The summed E-state index contributed by atoms with van der Waals surface area (Å²) in [5.74, 6) is 0. The lowest BCUT2D eigenvalue weighted by Crippen LogP contribution is -2.24. The van der Waals surface area contributed by atoms with Crippen molar-refractivity contribution in [2.75, 3.05) is 6.26 Å². The molecule has 1 aliphatic rings. The highest BCUT2D eigenvalue weighted by Crippen LogP contribution is 2.29. The number of nitrogens with zero attached hydrogens (tertiary/aromatic N) is 3. The zero-order valence-corrected chi connectivity index (χ0v) is 7.55. The summed E-state index contributed by atoms with van der Waals surface area (Å²) in [7, 11) is 0. The molecule has 0 spiro atoms. The fourth-order valence-corrected chi connectivity index (χ4v) is 2.46. The van der Waals surface area contributed by atoms with Gasteiger partial charge < -0.3 is 0 Å². The quantitative estimate of drug-likeness (QED) is 0.358. The van der Waals surface area contributed by atoms with E-state index in [1.54, 1.807) is 0 Å². The zero-order chi connectivity index (χ0) is 8.10. The molecule has 0 aromatic heterocycles. The fraction of sp³-hybridized carbons (Fsp3) is 1.00. The third kappa shape index (κ3) is 2.31. The molecule has 62 valence electrons. The predicted octanol–water partition coefficient (Wildman–Crippen LogP) is 2.97. The molecule has 1 saturated carbocycles. The van der Waals surface area contributed by atoms with E-state index >= 15 is 0 Å². The Morgan fingerprint density at radius 1 is 1.45 bits per heavy atom. The highest BCUT2D eigenvalue weighted by molar-refractivity contribution is 7.99. The molecular formula is C7H13N3S. The summed E-state index contributed by atoms with van der Waals surface area (Å²) in [6, 6.07) is 0.253. The van der Waals surface area contributed by atoms with Crippen LogP contribution in [-0.4, -0.2) is 17.5 Å². The highest BCUT2D eigenvalue weighted by atomic mass is 32.2. The van der Waals surface area contributed by atoms with E-state index in [1.807, 2.05) is 11.8 Å². The van der Waals surface area contributed by atoms with Crippen LogP contribution in [0.4, 0.5) is 0 Å². The van der Waals surface area contributed by atoms with Gasteiger partial charge in [0.25, 0.3) is 0 Å². The zero-order valence-electron chi connectivity index (χ0n) is 6.73. The van der Waals surface area contributed by atoms with E-state index in [0.29, 0.717) is 5.25 Å². The lowest BCUT2D eigenvalue weighted by atomic mass is 9.96. The Morgan fingerprint density at radius 3 is 2.82 bits per heavy atom. The Morgan fingerprint density at radius 2 is 2.18 bits per heavy atom. The Labute approximate surface area is 71.2 Å². The molecule has 1 fully saturated rings. The molecule has 0 heterocycles. The van der Waals surface area contributed by atoms with Crippen molar-refractivity contribution in [2.24, 2.45) is 5.11 Å². The van der Waals surface area contributed by atoms with Gasteiger partial charge >= 0.3 is 0 Å². The number of rotatable bonds is 2. The summed E-state index contributed by atoms with van der Waals surface area (Å²) >= 11 is 1.83. The van der Waals surface area contributed by atoms with Gasteiger partial charge in [-0.25, -0.2) is 0 Å². The maximum Gasteiger partial charge on any atom is 0.0492 e. The van der Waals surface area contributed by atoms with Crippen LogP contribution in [0.1, 0.15) is 25.7 Å². The monoisotopic (exact) mass is 171 g/mol. The van der Waals surface area contributed by atoms with Crippen molar-refractivity contribution >= 4 is 11.8 Å². The summed E-state index contributed by atoms with van der Waals surface area (Å²) in [6.45, 7) is 0. The van der Waals surface area contributed by atoms with Gasteiger partial charge in [0.15, 0.2) is 0 Å². The van der Waals surface area contributed by atoms with E-state index in [0.717, 1.165) is 6.42 Å². The van der Waals surface area contributed by atoms with Crippen molar-refractivity contribution in [3.05, 3.63) is 10.4 Å². The summed E-state index contributed by atoms with van der Waals surface area (Å²) in [6.07, 6.45) is 6.90. The van der Waals surface area contributed by atoms with Crippen molar-refractivity contribution in [1.29, 1.82) is 0 Å². The van der Waals surface area contributed by atoms with Gasteiger partial charge in [-0.3, -0.25) is 0 Å². The van der Waals surface area contributed by atoms with E-state index in [2.05, 4.69) is 16.3 Å². The summed E-state index contributed by atoms with van der Waals surface area (Å²) in [4.78, 5) is 2.87. The van der Waals surface area contributed by atoms with E-state index in [-0.39, 0.29) is 6.04 Å². The van der Waals surface area contributed by atoms with E-state index in [1.165, 1.54) is 19.3 Å². The molecule has 1 aliphatic carbocycles. The van der Waals surface area contributed by atoms with Crippen LogP contribution in [-0.2, 0) is 0 Å². The fourth-order valence-electron chi connectivity index (χ4n) is 1.55. The Kier molecular flexibility index (Phi) is 3.60. The molecule has 1 rings (SSSR count). The average molecular weight is 171 g/mol. The third-order valence-corrected chi connectivity index (χ3v) is 3.33. The van der Waals surface area contributed by atoms with Crippen LogP contribution in [0.5, 0.6) is 0 Å². The number of hydrogen-bond donors (Lipinski definition) is 0. The highest BCUT2D eigenvalue weighted by Gasteiger charge is 2.22. The van der Waals surface area contributed by atoms with Crippen LogP contribution in [0, 0.1) is 0 Å². The first-order valence-electron chi connectivity index (χ1n) is 3.95. The number of thioether (sulfide) groups is 1.